The van der Waals surface area contributed by atoms with Gasteiger partial charge in [-0.05, 0) is 32.4 Å². The highest BCUT2D eigenvalue weighted by Gasteiger charge is 2.36. The average Bonchev–Trinajstić information content (AvgIpc) is 2.28. The van der Waals surface area contributed by atoms with Crippen LogP contribution in [0, 0.1) is 6.92 Å². The monoisotopic (exact) mass is 211 g/mol. The maximum Gasteiger partial charge on any atom is 0.251 e. The minimum atomic E-state index is -1.07. The van der Waals surface area contributed by atoms with Gasteiger partial charge in [-0.15, -0.1) is 0 Å². The van der Waals surface area contributed by atoms with Gasteiger partial charge in [-0.1, -0.05) is 0 Å². The van der Waals surface area contributed by atoms with E-state index in [1.165, 1.54) is 0 Å². The van der Waals surface area contributed by atoms with Crippen LogP contribution >= 0.6 is 0 Å². The molecule has 0 saturated carbocycles. The molecule has 0 radical (unpaired) electrons. The molecule has 14 heavy (non-hydrogen) atoms. The zero-order chi connectivity index (χ0) is 10.5. The van der Waals surface area contributed by atoms with Gasteiger partial charge in [0.25, 0.3) is 5.56 Å². The number of nitrogens with zero attached hydrogens (tertiary/aromatic N) is 1. The first-order chi connectivity index (χ1) is 6.42. The van der Waals surface area contributed by atoms with Gasteiger partial charge in [-0.2, -0.15) is 0 Å². The molecule has 1 aliphatic rings. The van der Waals surface area contributed by atoms with Gasteiger partial charge in [0.15, 0.2) is 0 Å². The summed E-state index contributed by atoms with van der Waals surface area (Å²) in [7, 11) is -1.07. The van der Waals surface area contributed by atoms with Crippen molar-refractivity contribution < 1.29 is 4.21 Å². The Morgan fingerprint density at radius 3 is 2.71 bits per heavy atom. The summed E-state index contributed by atoms with van der Waals surface area (Å²) in [5.74, 6) is 0. The molecule has 0 spiro atoms. The first-order valence-electron chi connectivity index (χ1n) is 4.55. The lowest BCUT2D eigenvalue weighted by molar-refractivity contribution is 0.548. The summed E-state index contributed by atoms with van der Waals surface area (Å²) in [4.78, 5) is 11.6. The molecule has 1 unspecified atom stereocenters. The number of hydrogen-bond donors (Lipinski definition) is 0. The van der Waals surface area contributed by atoms with Gasteiger partial charge in [0.2, 0.25) is 0 Å². The maximum atomic E-state index is 12.0. The molecule has 3 nitrogen and oxygen atoms in total. The molecule has 1 aromatic heterocycles. The Kier molecular flexibility index (Phi) is 1.93. The Balaban J connectivity index is 2.72. The van der Waals surface area contributed by atoms with Crippen molar-refractivity contribution in [1.82, 2.24) is 4.57 Å². The second kappa shape index (κ2) is 2.79. The first kappa shape index (κ1) is 9.65. The summed E-state index contributed by atoms with van der Waals surface area (Å²) in [5.41, 5.74) is 0.839. The molecule has 2 rings (SSSR count). The van der Waals surface area contributed by atoms with Crippen LogP contribution in [0.4, 0.5) is 0 Å². The second-order valence-electron chi connectivity index (χ2n) is 4.32. The average molecular weight is 211 g/mol. The summed E-state index contributed by atoms with van der Waals surface area (Å²) in [6, 6.07) is 3.42. The number of pyridine rings is 1. The molecule has 0 aromatic carbocycles. The fourth-order valence-corrected chi connectivity index (χ4v) is 3.19. The van der Waals surface area contributed by atoms with E-state index in [2.05, 4.69) is 0 Å². The molecular formula is C10H13NO2S. The summed E-state index contributed by atoms with van der Waals surface area (Å²) in [5, 5.41) is 0.667. The van der Waals surface area contributed by atoms with E-state index in [0.717, 1.165) is 5.56 Å². The van der Waals surface area contributed by atoms with Gasteiger partial charge in [0, 0.05) is 12.6 Å². The van der Waals surface area contributed by atoms with Gasteiger partial charge in [0.05, 0.1) is 15.5 Å². The highest BCUT2D eigenvalue weighted by Crippen LogP contribution is 2.29. The number of aryl methyl sites for hydroxylation is 1. The fraction of sp³-hybridized carbons (Fsp3) is 0.500. The van der Waals surface area contributed by atoms with E-state index in [1.54, 1.807) is 10.6 Å². The largest absolute Gasteiger partial charge is 0.300 e. The van der Waals surface area contributed by atoms with Crippen LogP contribution < -0.4 is 5.56 Å². The van der Waals surface area contributed by atoms with Crippen molar-refractivity contribution in [1.29, 1.82) is 0 Å². The fourth-order valence-electron chi connectivity index (χ4n) is 1.73. The summed E-state index contributed by atoms with van der Waals surface area (Å²) < 4.78 is 13.3. The van der Waals surface area contributed by atoms with Gasteiger partial charge in [0.1, 0.15) is 5.03 Å². The van der Waals surface area contributed by atoms with Crippen LogP contribution in [0.2, 0.25) is 0 Å². The number of aromatic nitrogens is 1. The van der Waals surface area contributed by atoms with Crippen molar-refractivity contribution in [3.05, 3.63) is 28.0 Å². The van der Waals surface area contributed by atoms with Gasteiger partial charge < -0.3 is 0 Å². The minimum absolute atomic E-state index is 0.0427. The molecule has 76 valence electrons. The van der Waals surface area contributed by atoms with E-state index in [0.29, 0.717) is 11.6 Å². The van der Waals surface area contributed by atoms with Crippen LogP contribution in [-0.4, -0.2) is 13.5 Å². The predicted molar refractivity (Wildman–Crippen MR) is 55.9 cm³/mol. The zero-order valence-electron chi connectivity index (χ0n) is 8.53. The Hall–Kier alpha value is -0.900. The van der Waals surface area contributed by atoms with Crippen LogP contribution in [0.15, 0.2) is 22.0 Å². The molecular weight excluding hydrogens is 198 g/mol. The molecule has 0 saturated heterocycles. The molecule has 1 aromatic rings. The van der Waals surface area contributed by atoms with Crippen molar-refractivity contribution in [2.45, 2.75) is 37.1 Å². The molecule has 0 fully saturated rings. The van der Waals surface area contributed by atoms with Gasteiger partial charge in [-0.25, -0.2) is 0 Å². The summed E-state index contributed by atoms with van der Waals surface area (Å²) in [6.45, 7) is 6.24. The maximum absolute atomic E-state index is 12.0. The number of fused-ring (bicyclic) bond motifs is 1. The van der Waals surface area contributed by atoms with Crippen molar-refractivity contribution in [3.63, 3.8) is 0 Å². The lowest BCUT2D eigenvalue weighted by Crippen LogP contribution is -2.26. The molecule has 2 heterocycles. The van der Waals surface area contributed by atoms with Crippen molar-refractivity contribution in [3.8, 4) is 0 Å². The normalized spacial score (nSPS) is 23.5. The SMILES string of the molecule is Cc1cc2n(c(=O)c1)CC(C)(C)S2=O. The van der Waals surface area contributed by atoms with E-state index in [-0.39, 0.29) is 10.3 Å². The van der Waals surface area contributed by atoms with Crippen molar-refractivity contribution in [2.75, 3.05) is 0 Å². The lowest BCUT2D eigenvalue weighted by atomic mass is 10.2. The zero-order valence-corrected chi connectivity index (χ0v) is 9.35. The van der Waals surface area contributed by atoms with E-state index in [9.17, 15) is 9.00 Å². The summed E-state index contributed by atoms with van der Waals surface area (Å²) in [6.07, 6.45) is 0. The minimum Gasteiger partial charge on any atom is -0.300 e. The Labute approximate surface area is 85.2 Å². The van der Waals surface area contributed by atoms with Gasteiger partial charge >= 0.3 is 0 Å². The standard InChI is InChI=1S/C10H13NO2S/c1-7-4-8(12)11-6-10(2,3)14(13)9(11)5-7/h4-5H,6H2,1-3H3. The Morgan fingerprint density at radius 2 is 2.07 bits per heavy atom. The lowest BCUT2D eigenvalue weighted by Gasteiger charge is -2.12. The van der Waals surface area contributed by atoms with Crippen LogP contribution in [0.25, 0.3) is 0 Å². The molecule has 1 atom stereocenters. The Morgan fingerprint density at radius 1 is 1.43 bits per heavy atom. The molecule has 0 N–H and O–H groups in total. The quantitative estimate of drug-likeness (QED) is 0.643. The first-order valence-corrected chi connectivity index (χ1v) is 5.70. The number of rotatable bonds is 0. The van der Waals surface area contributed by atoms with Crippen LogP contribution in [-0.2, 0) is 17.3 Å². The van der Waals surface area contributed by atoms with E-state index in [4.69, 9.17) is 0 Å². The summed E-state index contributed by atoms with van der Waals surface area (Å²) >= 11 is 0. The molecule has 0 bridgehead atoms. The van der Waals surface area contributed by atoms with Crippen LogP contribution in [0.1, 0.15) is 19.4 Å². The Bertz CT molecular complexity index is 474. The smallest absolute Gasteiger partial charge is 0.251 e. The van der Waals surface area contributed by atoms with Crippen molar-refractivity contribution >= 4 is 10.8 Å². The molecule has 0 amide bonds. The second-order valence-corrected chi connectivity index (χ2v) is 6.38. The van der Waals surface area contributed by atoms with Crippen LogP contribution in [0.3, 0.4) is 0 Å². The third kappa shape index (κ3) is 1.25. The van der Waals surface area contributed by atoms with Gasteiger partial charge in [-0.3, -0.25) is 13.6 Å². The van der Waals surface area contributed by atoms with E-state index >= 15 is 0 Å². The third-order valence-corrected chi connectivity index (χ3v) is 4.32. The third-order valence-electron chi connectivity index (χ3n) is 2.47. The highest BCUT2D eigenvalue weighted by atomic mass is 32.2. The van der Waals surface area contributed by atoms with Crippen molar-refractivity contribution in [2.24, 2.45) is 0 Å². The van der Waals surface area contributed by atoms with E-state index in [1.807, 2.05) is 26.8 Å². The predicted octanol–water partition coefficient (Wildman–Crippen LogP) is 1.06. The highest BCUT2D eigenvalue weighted by molar-refractivity contribution is 7.86. The topological polar surface area (TPSA) is 39.1 Å². The molecule has 0 aliphatic carbocycles. The molecule has 1 aliphatic heterocycles. The molecule has 4 heteroatoms. The van der Waals surface area contributed by atoms with Crippen LogP contribution in [0.5, 0.6) is 0 Å². The van der Waals surface area contributed by atoms with E-state index < -0.39 is 10.8 Å². The number of hydrogen-bond acceptors (Lipinski definition) is 2.